The summed E-state index contributed by atoms with van der Waals surface area (Å²) in [5.41, 5.74) is 1.42. The van der Waals surface area contributed by atoms with E-state index in [0.29, 0.717) is 0 Å². The fourth-order valence-electron chi connectivity index (χ4n) is 1.79. The lowest BCUT2D eigenvalue weighted by Crippen LogP contribution is -2.30. The summed E-state index contributed by atoms with van der Waals surface area (Å²) in [6.07, 6.45) is 3.97. The van der Waals surface area contributed by atoms with Crippen molar-refractivity contribution in [3.63, 3.8) is 0 Å². The molecule has 0 atom stereocenters. The smallest absolute Gasteiger partial charge is 0.157 e. The van der Waals surface area contributed by atoms with Crippen LogP contribution in [0.4, 0.5) is 0 Å². The second kappa shape index (κ2) is 4.43. The molecule has 2 rings (SSSR count). The molecule has 0 amide bonds. The SMILES string of the molecule is [CH]1CCCC[N+]1Cc1ccccc1. The Labute approximate surface area is 80.4 Å². The molecule has 0 bridgehead atoms. The standard InChI is InChI=1S/C12H16N/c1-3-7-12(8-4-1)11-13-9-5-2-6-10-13/h1,3-4,7-9H,2,5-6,10-11H2/q+1. The fourth-order valence-corrected chi connectivity index (χ4v) is 1.79. The van der Waals surface area contributed by atoms with E-state index in [4.69, 9.17) is 0 Å². The zero-order valence-corrected chi connectivity index (χ0v) is 7.95. The third-order valence-electron chi connectivity index (χ3n) is 2.52. The summed E-state index contributed by atoms with van der Waals surface area (Å²) in [7, 11) is 0. The Balaban J connectivity index is 1.90. The van der Waals surface area contributed by atoms with Gasteiger partial charge in [0.05, 0.1) is 0 Å². The first-order valence-electron chi connectivity index (χ1n) is 5.06. The van der Waals surface area contributed by atoms with E-state index in [1.54, 1.807) is 0 Å². The summed E-state index contributed by atoms with van der Waals surface area (Å²) in [4.78, 5) is 2.43. The van der Waals surface area contributed by atoms with Crippen LogP contribution in [0.5, 0.6) is 0 Å². The van der Waals surface area contributed by atoms with Gasteiger partial charge in [0, 0.05) is 18.4 Å². The van der Waals surface area contributed by atoms with E-state index in [1.165, 1.54) is 31.4 Å². The molecule has 1 heteroatoms. The molecule has 0 N–H and O–H groups in total. The van der Waals surface area contributed by atoms with Gasteiger partial charge in [0.15, 0.2) is 6.54 Å². The number of hydrogen-bond acceptors (Lipinski definition) is 1. The quantitative estimate of drug-likeness (QED) is 0.608. The number of benzene rings is 1. The predicted octanol–water partition coefficient (Wildman–Crippen LogP) is 2.67. The molecule has 1 nitrogen and oxygen atoms in total. The monoisotopic (exact) mass is 174 g/mol. The van der Waals surface area contributed by atoms with Gasteiger partial charge in [0.1, 0.15) is 13.1 Å². The van der Waals surface area contributed by atoms with Crippen molar-refractivity contribution in [1.29, 1.82) is 0 Å². The minimum Gasteiger partial charge on any atom is -0.157 e. The Kier molecular flexibility index (Phi) is 2.98. The van der Waals surface area contributed by atoms with Crippen LogP contribution in [0.15, 0.2) is 30.3 Å². The van der Waals surface area contributed by atoms with Crippen LogP contribution in [0.25, 0.3) is 0 Å². The van der Waals surface area contributed by atoms with Gasteiger partial charge >= 0.3 is 0 Å². The van der Waals surface area contributed by atoms with Gasteiger partial charge in [-0.1, -0.05) is 30.3 Å². The third-order valence-corrected chi connectivity index (χ3v) is 2.52. The molecule has 2 radical (unpaired) electrons. The van der Waals surface area contributed by atoms with E-state index in [2.05, 4.69) is 41.8 Å². The van der Waals surface area contributed by atoms with Gasteiger partial charge in [-0.3, -0.25) is 0 Å². The molecule has 68 valence electrons. The lowest BCUT2D eigenvalue weighted by molar-refractivity contribution is 0.391. The highest BCUT2D eigenvalue weighted by Gasteiger charge is 2.19. The predicted molar refractivity (Wildman–Crippen MR) is 55.3 cm³/mol. The van der Waals surface area contributed by atoms with Gasteiger partial charge in [-0.15, -0.1) is 0 Å². The lowest BCUT2D eigenvalue weighted by Gasteiger charge is -2.15. The van der Waals surface area contributed by atoms with E-state index in [1.807, 2.05) is 0 Å². The Morgan fingerprint density at radius 2 is 1.92 bits per heavy atom. The van der Waals surface area contributed by atoms with Crippen LogP contribution >= 0.6 is 0 Å². The highest BCUT2D eigenvalue weighted by Crippen LogP contribution is 2.13. The normalized spacial score (nSPS) is 18.8. The third kappa shape index (κ3) is 2.56. The van der Waals surface area contributed by atoms with Crippen LogP contribution in [0.2, 0.25) is 0 Å². The molecule has 1 aliphatic heterocycles. The molecule has 0 saturated carbocycles. The van der Waals surface area contributed by atoms with Gasteiger partial charge in [-0.05, 0) is 6.42 Å². The highest BCUT2D eigenvalue weighted by molar-refractivity contribution is 5.15. The van der Waals surface area contributed by atoms with Crippen LogP contribution in [-0.4, -0.2) is 6.54 Å². The molecule has 1 aromatic carbocycles. The zero-order valence-electron chi connectivity index (χ0n) is 7.95. The van der Waals surface area contributed by atoms with Crippen molar-refractivity contribution in [2.75, 3.05) is 6.54 Å². The molecule has 1 saturated heterocycles. The first-order chi connectivity index (χ1) is 6.45. The van der Waals surface area contributed by atoms with Crippen molar-refractivity contribution in [1.82, 2.24) is 4.90 Å². The molecule has 1 heterocycles. The second-order valence-electron chi connectivity index (χ2n) is 3.63. The van der Waals surface area contributed by atoms with Gasteiger partial charge < -0.3 is 0 Å². The summed E-state index contributed by atoms with van der Waals surface area (Å²) in [6.45, 7) is 4.66. The van der Waals surface area contributed by atoms with Gasteiger partial charge in [-0.2, -0.15) is 4.90 Å². The average molecular weight is 174 g/mol. The Morgan fingerprint density at radius 3 is 2.62 bits per heavy atom. The molecule has 1 aromatic rings. The zero-order chi connectivity index (χ0) is 8.93. The maximum atomic E-state index is 2.43. The number of piperidine rings is 1. The molecule has 13 heavy (non-hydrogen) atoms. The maximum absolute atomic E-state index is 2.43. The van der Waals surface area contributed by atoms with Crippen molar-refractivity contribution < 1.29 is 0 Å². The lowest BCUT2D eigenvalue weighted by atomic mass is 10.1. The van der Waals surface area contributed by atoms with Crippen molar-refractivity contribution in [3.05, 3.63) is 42.4 Å². The molecular formula is C12H16N+. The fraction of sp³-hybridized carbons (Fsp3) is 0.417. The molecule has 0 unspecified atom stereocenters. The van der Waals surface area contributed by atoms with Crippen molar-refractivity contribution in [2.45, 2.75) is 25.8 Å². The van der Waals surface area contributed by atoms with Crippen LogP contribution in [-0.2, 0) is 6.54 Å². The summed E-state index contributed by atoms with van der Waals surface area (Å²) >= 11 is 0. The summed E-state index contributed by atoms with van der Waals surface area (Å²) in [5.74, 6) is 0. The molecule has 0 spiro atoms. The van der Waals surface area contributed by atoms with Crippen molar-refractivity contribution >= 4 is 0 Å². The van der Waals surface area contributed by atoms with Crippen LogP contribution < -0.4 is 4.90 Å². The van der Waals surface area contributed by atoms with Gasteiger partial charge in [0.25, 0.3) is 0 Å². The molecule has 1 aliphatic rings. The summed E-state index contributed by atoms with van der Waals surface area (Å²) in [6, 6.07) is 10.7. The van der Waals surface area contributed by atoms with Crippen LogP contribution in [0, 0.1) is 6.54 Å². The Morgan fingerprint density at radius 1 is 1.08 bits per heavy atom. The first kappa shape index (κ1) is 8.76. The minimum atomic E-state index is 1.08. The van der Waals surface area contributed by atoms with E-state index >= 15 is 0 Å². The van der Waals surface area contributed by atoms with Gasteiger partial charge in [0.2, 0.25) is 0 Å². The molecule has 0 aromatic heterocycles. The van der Waals surface area contributed by atoms with Gasteiger partial charge in [-0.25, -0.2) is 0 Å². The van der Waals surface area contributed by atoms with Crippen LogP contribution in [0.3, 0.4) is 0 Å². The van der Waals surface area contributed by atoms with E-state index in [-0.39, 0.29) is 0 Å². The van der Waals surface area contributed by atoms with Crippen molar-refractivity contribution in [2.24, 2.45) is 0 Å². The number of hydrogen-bond donors (Lipinski definition) is 0. The van der Waals surface area contributed by atoms with Crippen molar-refractivity contribution in [3.8, 4) is 0 Å². The second-order valence-corrected chi connectivity index (χ2v) is 3.63. The molecule has 0 aliphatic carbocycles. The number of rotatable bonds is 2. The largest absolute Gasteiger partial charge is 0.189 e. The van der Waals surface area contributed by atoms with E-state index in [9.17, 15) is 0 Å². The number of nitrogens with zero attached hydrogens (tertiary/aromatic N) is 1. The maximum Gasteiger partial charge on any atom is 0.189 e. The van der Waals surface area contributed by atoms with Crippen LogP contribution in [0.1, 0.15) is 24.8 Å². The number of likely N-dealkylation sites (tertiary alicyclic amines) is 1. The first-order valence-corrected chi connectivity index (χ1v) is 5.06. The van der Waals surface area contributed by atoms with E-state index in [0.717, 1.165) is 6.54 Å². The summed E-state index contributed by atoms with van der Waals surface area (Å²) < 4.78 is 0. The van der Waals surface area contributed by atoms with E-state index < -0.39 is 0 Å². The highest BCUT2D eigenvalue weighted by atomic mass is 15.1. The molecule has 1 fully saturated rings. The Bertz CT molecular complexity index is 237. The minimum absolute atomic E-state index is 1.08. The Hall–Kier alpha value is -0.820. The summed E-state index contributed by atoms with van der Waals surface area (Å²) in [5, 5.41) is 0. The average Bonchev–Trinajstić information content (AvgIpc) is 2.21. The molecular weight excluding hydrogens is 158 g/mol. The topological polar surface area (TPSA) is 5.90 Å².